The minimum absolute atomic E-state index is 0.0242. The summed E-state index contributed by atoms with van der Waals surface area (Å²) in [5.41, 5.74) is 0.526. The van der Waals surface area contributed by atoms with Crippen LogP contribution in [0.3, 0.4) is 0 Å². The summed E-state index contributed by atoms with van der Waals surface area (Å²) in [5, 5.41) is 10.5. The Hall–Kier alpha value is -2.02. The predicted octanol–water partition coefficient (Wildman–Crippen LogP) is 4.13. The number of fused-ring (bicyclic) bond motifs is 1. The van der Waals surface area contributed by atoms with Crippen LogP contribution in [0.1, 0.15) is 33.3 Å². The highest BCUT2D eigenvalue weighted by Crippen LogP contribution is 2.52. The minimum Gasteiger partial charge on any atom is -0.456 e. The molecular weight excluding hydrogens is 496 g/mol. The first-order valence-electron chi connectivity index (χ1n) is 11.2. The number of benzene rings is 1. The molecule has 0 aliphatic carbocycles. The second kappa shape index (κ2) is 10.7. The second-order valence-electron chi connectivity index (χ2n) is 8.40. The molecule has 0 saturated carbocycles. The van der Waals surface area contributed by atoms with Crippen molar-refractivity contribution >= 4 is 48.4 Å². The maximum absolute atomic E-state index is 13.1. The minimum atomic E-state index is -1.93. The van der Waals surface area contributed by atoms with E-state index in [0.29, 0.717) is 9.80 Å². The van der Waals surface area contributed by atoms with E-state index in [1.165, 1.54) is 47.2 Å². The Kier molecular flexibility index (Phi) is 8.37. The Morgan fingerprint density at radius 1 is 1.24 bits per heavy atom. The number of nitro benzene ring substituents is 1. The van der Waals surface area contributed by atoms with Crippen molar-refractivity contribution in [3.05, 3.63) is 49.9 Å². The monoisotopic (exact) mass is 526 g/mol. The van der Waals surface area contributed by atoms with Crippen LogP contribution >= 0.6 is 11.8 Å². The van der Waals surface area contributed by atoms with E-state index in [0.717, 1.165) is 18.1 Å². The quantitative estimate of drug-likeness (QED) is 0.139. The van der Waals surface area contributed by atoms with Crippen LogP contribution < -0.4 is 0 Å². The molecule has 2 heterocycles. The number of rotatable bonds is 11. The maximum atomic E-state index is 13.1. The SMILES string of the molecule is CC[Si](CC)(CC)O[C@@H](C)[C@@H]1C(=O)N2C(C(=O)OCc3ccc([N+](=O)[O-])cc3)=C(S(C)=O)S[C@H]12. The number of ether oxygens (including phenoxy) is 1. The van der Waals surface area contributed by atoms with Crippen molar-refractivity contribution in [1.82, 2.24) is 4.90 Å². The third kappa shape index (κ3) is 5.00. The summed E-state index contributed by atoms with van der Waals surface area (Å²) in [4.78, 5) is 37.7. The van der Waals surface area contributed by atoms with Crippen LogP contribution in [-0.2, 0) is 36.2 Å². The highest BCUT2D eigenvalue weighted by atomic mass is 32.2. The summed E-state index contributed by atoms with van der Waals surface area (Å²) in [6, 6.07) is 8.56. The van der Waals surface area contributed by atoms with Gasteiger partial charge < -0.3 is 9.16 Å². The molecule has 12 heteroatoms. The summed E-state index contributed by atoms with van der Waals surface area (Å²) < 4.78 is 24.6. The average molecular weight is 527 g/mol. The first-order chi connectivity index (χ1) is 16.1. The van der Waals surface area contributed by atoms with Crippen molar-refractivity contribution in [3.63, 3.8) is 0 Å². The lowest BCUT2D eigenvalue weighted by Gasteiger charge is -2.47. The van der Waals surface area contributed by atoms with E-state index in [-0.39, 0.29) is 35.4 Å². The van der Waals surface area contributed by atoms with Gasteiger partial charge in [-0.1, -0.05) is 32.5 Å². The van der Waals surface area contributed by atoms with Crippen molar-refractivity contribution in [2.24, 2.45) is 5.92 Å². The Morgan fingerprint density at radius 3 is 2.32 bits per heavy atom. The Bertz CT molecular complexity index is 1020. The van der Waals surface area contributed by atoms with E-state index in [1.54, 1.807) is 0 Å². The van der Waals surface area contributed by atoms with Crippen molar-refractivity contribution in [2.45, 2.75) is 63.9 Å². The molecule has 0 bridgehead atoms. The lowest BCUT2D eigenvalue weighted by molar-refractivity contribution is -0.384. The Labute approximate surface area is 207 Å². The van der Waals surface area contributed by atoms with Gasteiger partial charge in [0.15, 0.2) is 14.0 Å². The molecule has 1 saturated heterocycles. The van der Waals surface area contributed by atoms with Crippen molar-refractivity contribution in [2.75, 3.05) is 6.26 Å². The molecule has 1 aromatic carbocycles. The number of hydrogen-bond donors (Lipinski definition) is 0. The lowest BCUT2D eigenvalue weighted by atomic mass is 9.92. The maximum Gasteiger partial charge on any atom is 0.357 e. The molecule has 34 heavy (non-hydrogen) atoms. The van der Waals surface area contributed by atoms with E-state index in [1.807, 2.05) is 6.92 Å². The highest BCUT2D eigenvalue weighted by molar-refractivity contribution is 8.17. The summed E-state index contributed by atoms with van der Waals surface area (Å²) in [5.74, 6) is -1.38. The van der Waals surface area contributed by atoms with Gasteiger partial charge in [-0.25, -0.2) is 4.79 Å². The molecule has 3 rings (SSSR count). The van der Waals surface area contributed by atoms with E-state index < -0.39 is 35.9 Å². The molecule has 0 aromatic heterocycles. The first kappa shape index (κ1) is 26.6. The van der Waals surface area contributed by atoms with Gasteiger partial charge in [0, 0.05) is 18.4 Å². The summed E-state index contributed by atoms with van der Waals surface area (Å²) in [7, 11) is -3.40. The van der Waals surface area contributed by atoms with Crippen LogP contribution in [0, 0.1) is 16.0 Å². The molecule has 2 aliphatic rings. The fourth-order valence-corrected chi connectivity index (χ4v) is 9.87. The zero-order valence-corrected chi connectivity index (χ0v) is 22.6. The van der Waals surface area contributed by atoms with Crippen molar-refractivity contribution < 1.29 is 27.9 Å². The van der Waals surface area contributed by atoms with Gasteiger partial charge in [-0.05, 0) is 42.8 Å². The van der Waals surface area contributed by atoms with Gasteiger partial charge in [0.05, 0.1) is 27.7 Å². The number of nitro groups is 1. The largest absolute Gasteiger partial charge is 0.456 e. The number of carbonyl (C=O) groups excluding carboxylic acids is 2. The number of β-lactam (4-membered cyclic amide) rings is 1. The summed E-state index contributed by atoms with van der Waals surface area (Å²) >= 11 is 1.26. The average Bonchev–Trinajstić information content (AvgIpc) is 3.17. The van der Waals surface area contributed by atoms with E-state index in [4.69, 9.17) is 9.16 Å². The topological polar surface area (TPSA) is 116 Å². The molecule has 2 aliphatic heterocycles. The fourth-order valence-electron chi connectivity index (χ4n) is 4.33. The highest BCUT2D eigenvalue weighted by Gasteiger charge is 2.59. The molecular formula is C22H30N2O7S2Si. The molecule has 0 N–H and O–H groups in total. The van der Waals surface area contributed by atoms with Gasteiger partial charge in [0.25, 0.3) is 5.69 Å². The van der Waals surface area contributed by atoms with Crippen LogP contribution in [-0.4, -0.2) is 52.0 Å². The molecule has 1 unspecified atom stereocenters. The summed E-state index contributed by atoms with van der Waals surface area (Å²) in [6.45, 7) is 8.18. The molecule has 9 nitrogen and oxygen atoms in total. The molecule has 0 spiro atoms. The third-order valence-electron chi connectivity index (χ3n) is 6.59. The van der Waals surface area contributed by atoms with Gasteiger partial charge in [-0.3, -0.25) is 24.0 Å². The van der Waals surface area contributed by atoms with Crippen molar-refractivity contribution in [1.29, 1.82) is 0 Å². The molecule has 1 fully saturated rings. The van der Waals surface area contributed by atoms with Gasteiger partial charge in [-0.2, -0.15) is 0 Å². The zero-order chi connectivity index (χ0) is 25.2. The summed E-state index contributed by atoms with van der Waals surface area (Å²) in [6.07, 6.45) is 1.18. The number of carbonyl (C=O) groups is 2. The lowest BCUT2D eigenvalue weighted by Crippen LogP contribution is -2.62. The zero-order valence-electron chi connectivity index (χ0n) is 19.9. The molecule has 1 amide bonds. The second-order valence-corrected chi connectivity index (χ2v) is 15.8. The molecule has 186 valence electrons. The van der Waals surface area contributed by atoms with Crippen molar-refractivity contribution in [3.8, 4) is 0 Å². The van der Waals surface area contributed by atoms with Gasteiger partial charge in [0.1, 0.15) is 16.2 Å². The number of nitrogens with zero attached hydrogens (tertiary/aromatic N) is 2. The molecule has 0 radical (unpaired) electrons. The Morgan fingerprint density at radius 2 is 1.82 bits per heavy atom. The smallest absolute Gasteiger partial charge is 0.357 e. The number of hydrogen-bond acceptors (Lipinski definition) is 8. The van der Waals surface area contributed by atoms with Crippen LogP contribution in [0.2, 0.25) is 18.1 Å². The number of esters is 1. The van der Waals surface area contributed by atoms with E-state index >= 15 is 0 Å². The Balaban J connectivity index is 1.73. The standard InChI is InChI=1S/C22H30N2O7S2Si/c1-6-34(7-2,8-3)31-14(4)17-19(25)23-18(22(33(5)29)32-20(17)23)21(26)30-13-15-9-11-16(12-10-15)24(27)28/h9-12,14,17,20H,6-8,13H2,1-5H3/t14-,17+,20+,33?/m0/s1. The van der Waals surface area contributed by atoms with E-state index in [2.05, 4.69) is 20.8 Å². The third-order valence-corrected chi connectivity index (χ3v) is 14.2. The molecule has 4 atom stereocenters. The molecule has 1 aromatic rings. The van der Waals surface area contributed by atoms with Gasteiger partial charge in [0.2, 0.25) is 5.91 Å². The van der Waals surface area contributed by atoms with Gasteiger partial charge in [-0.15, -0.1) is 0 Å². The predicted molar refractivity (Wildman–Crippen MR) is 133 cm³/mol. The normalized spacial score (nSPS) is 21.7. The fraction of sp³-hybridized carbons (Fsp3) is 0.545. The van der Waals surface area contributed by atoms with Crippen LogP contribution in [0.5, 0.6) is 0 Å². The number of thioether (sulfide) groups is 1. The van der Waals surface area contributed by atoms with E-state index in [9.17, 15) is 23.9 Å². The first-order valence-corrected chi connectivity index (χ1v) is 16.2. The number of non-ortho nitro benzene ring substituents is 1. The van der Waals surface area contributed by atoms with Crippen LogP contribution in [0.15, 0.2) is 34.2 Å². The van der Waals surface area contributed by atoms with Crippen LogP contribution in [0.4, 0.5) is 5.69 Å². The number of amides is 1. The van der Waals surface area contributed by atoms with Gasteiger partial charge >= 0.3 is 5.97 Å². The van der Waals surface area contributed by atoms with Crippen LogP contribution in [0.25, 0.3) is 0 Å².